The number of amidine groups is 1. The molecule has 3 aliphatic heterocycles. The number of carbonyl (C=O) groups is 3. The molecule has 0 bridgehead atoms. The van der Waals surface area contributed by atoms with Gasteiger partial charge in [0, 0.05) is 13.5 Å². The van der Waals surface area contributed by atoms with Gasteiger partial charge in [-0.2, -0.15) is 0 Å². The van der Waals surface area contributed by atoms with Crippen LogP contribution in [0.15, 0.2) is 29.3 Å². The highest BCUT2D eigenvalue weighted by Crippen LogP contribution is 2.27. The van der Waals surface area contributed by atoms with Crippen molar-refractivity contribution in [1.29, 1.82) is 0 Å². The molecule has 9 nitrogen and oxygen atoms in total. The number of hydrogen-bond donors (Lipinski definition) is 0. The maximum atomic E-state index is 13.1. The van der Waals surface area contributed by atoms with Crippen LogP contribution in [0.25, 0.3) is 0 Å². The highest BCUT2D eigenvalue weighted by atomic mass is 16.5. The first-order valence-electron chi connectivity index (χ1n) is 9.73. The van der Waals surface area contributed by atoms with E-state index in [2.05, 4.69) is 4.99 Å². The van der Waals surface area contributed by atoms with Crippen LogP contribution in [-0.4, -0.2) is 83.2 Å². The fraction of sp³-hybridized carbons (Fsp3) is 0.450. The minimum absolute atomic E-state index is 0.225. The monoisotopic (exact) mass is 398 g/mol. The number of ether oxygens (including phenoxy) is 1. The van der Waals surface area contributed by atoms with Gasteiger partial charge in [-0.15, -0.1) is 0 Å². The lowest BCUT2D eigenvalue weighted by Gasteiger charge is -2.34. The number of aliphatic imine (C=N–C) groups is 1. The highest BCUT2D eigenvalue weighted by Gasteiger charge is 2.54. The highest BCUT2D eigenvalue weighted by molar-refractivity contribution is 6.24. The normalized spacial score (nSPS) is 21.3. The second-order valence-electron chi connectivity index (χ2n) is 7.27. The van der Waals surface area contributed by atoms with Gasteiger partial charge in [0.2, 0.25) is 11.9 Å². The Balaban J connectivity index is 1.69. The van der Waals surface area contributed by atoms with E-state index < -0.39 is 18.0 Å². The number of likely N-dealkylation sites (N-methyl/N-ethyl adjacent to an activating group) is 1. The summed E-state index contributed by atoms with van der Waals surface area (Å²) in [6, 6.07) is 6.53. The molecule has 152 valence electrons. The van der Waals surface area contributed by atoms with Crippen LogP contribution in [0.2, 0.25) is 0 Å². The van der Waals surface area contributed by atoms with E-state index in [1.54, 1.807) is 7.05 Å². The number of anilines is 1. The van der Waals surface area contributed by atoms with E-state index in [4.69, 9.17) is 4.74 Å². The summed E-state index contributed by atoms with van der Waals surface area (Å²) in [6.07, 6.45) is 0.841. The summed E-state index contributed by atoms with van der Waals surface area (Å²) in [5, 5.41) is 0. The molecule has 1 aromatic rings. The minimum Gasteiger partial charge on any atom is -0.494 e. The second kappa shape index (κ2) is 7.31. The number of hydrogen-bond acceptors (Lipinski definition) is 6. The number of carbonyl (C=O) groups excluding carboxylic acids is 3. The Labute approximate surface area is 168 Å². The SMILES string of the molecule is CCOc1ccc(N2CCC[N+]3=C2N=C2C3C(=O)N(CC(C)=O)C(=O)N2C)cc1. The standard InChI is InChI=1S/C20H24N5O4/c1-4-29-15-8-6-14(7-9-15)23-10-5-11-24-16-17(21-19(23)24)22(3)20(28)25(18(16)27)12-13(2)26/h6-9,16H,4-5,10-12H2,1-3H3/q+1. The number of benzene rings is 1. The van der Waals surface area contributed by atoms with Crippen molar-refractivity contribution in [3.05, 3.63) is 24.3 Å². The Hall–Kier alpha value is -3.23. The summed E-state index contributed by atoms with van der Waals surface area (Å²) in [4.78, 5) is 46.4. The largest absolute Gasteiger partial charge is 0.494 e. The molecule has 3 aliphatic rings. The Morgan fingerprint density at radius 1 is 1.28 bits per heavy atom. The number of urea groups is 1. The van der Waals surface area contributed by atoms with Crippen LogP contribution in [0.4, 0.5) is 10.5 Å². The van der Waals surface area contributed by atoms with Crippen molar-refractivity contribution in [3.63, 3.8) is 0 Å². The summed E-state index contributed by atoms with van der Waals surface area (Å²) in [5.41, 5.74) is 0.943. The number of nitrogens with zero attached hydrogens (tertiary/aromatic N) is 5. The molecule has 0 N–H and O–H groups in total. The molecule has 0 aliphatic carbocycles. The number of Topliss-reactive ketones (excluding diaryl/α,β-unsaturated/α-hetero) is 1. The van der Waals surface area contributed by atoms with Gasteiger partial charge in [0.1, 0.15) is 17.2 Å². The molecule has 0 aromatic heterocycles. The predicted octanol–water partition coefficient (Wildman–Crippen LogP) is 0.928. The van der Waals surface area contributed by atoms with Crippen LogP contribution in [0.1, 0.15) is 20.3 Å². The topological polar surface area (TPSA) is 85.5 Å². The van der Waals surface area contributed by atoms with Crippen molar-refractivity contribution >= 4 is 35.2 Å². The predicted molar refractivity (Wildman–Crippen MR) is 106 cm³/mol. The number of imide groups is 1. The third-order valence-corrected chi connectivity index (χ3v) is 5.25. The van der Waals surface area contributed by atoms with Crippen molar-refractivity contribution in [2.24, 2.45) is 4.99 Å². The third-order valence-electron chi connectivity index (χ3n) is 5.25. The van der Waals surface area contributed by atoms with Crippen molar-refractivity contribution < 1.29 is 23.7 Å². The average Bonchev–Trinajstić information content (AvgIpc) is 3.10. The van der Waals surface area contributed by atoms with E-state index >= 15 is 0 Å². The van der Waals surface area contributed by atoms with Gasteiger partial charge in [0.05, 0.1) is 26.2 Å². The fourth-order valence-corrected chi connectivity index (χ4v) is 3.95. The van der Waals surface area contributed by atoms with Crippen LogP contribution >= 0.6 is 0 Å². The zero-order chi connectivity index (χ0) is 20.7. The van der Waals surface area contributed by atoms with E-state index in [-0.39, 0.29) is 12.3 Å². The Morgan fingerprint density at radius 3 is 2.66 bits per heavy atom. The second-order valence-corrected chi connectivity index (χ2v) is 7.27. The van der Waals surface area contributed by atoms with Crippen molar-refractivity contribution in [1.82, 2.24) is 9.80 Å². The van der Waals surface area contributed by atoms with Crippen LogP contribution in [0.5, 0.6) is 5.75 Å². The summed E-state index contributed by atoms with van der Waals surface area (Å²) in [6.45, 7) is 5.09. The summed E-state index contributed by atoms with van der Waals surface area (Å²) in [5.74, 6) is 1.22. The molecule has 0 radical (unpaired) electrons. The molecule has 3 heterocycles. The molecule has 9 heteroatoms. The van der Waals surface area contributed by atoms with E-state index in [9.17, 15) is 14.4 Å². The molecule has 3 amide bonds. The van der Waals surface area contributed by atoms with Gasteiger partial charge < -0.3 is 4.74 Å². The van der Waals surface area contributed by atoms with Gasteiger partial charge >= 0.3 is 12.0 Å². The molecule has 1 aromatic carbocycles. The van der Waals surface area contributed by atoms with Crippen molar-refractivity contribution in [2.45, 2.75) is 26.3 Å². The Morgan fingerprint density at radius 2 is 2.00 bits per heavy atom. The average molecular weight is 398 g/mol. The lowest BCUT2D eigenvalue weighted by Crippen LogP contribution is -2.64. The number of ketones is 1. The molecule has 1 atom stereocenters. The third kappa shape index (κ3) is 3.16. The van der Waals surface area contributed by atoms with Crippen LogP contribution in [0, 0.1) is 0 Å². The smallest absolute Gasteiger partial charge is 0.397 e. The minimum atomic E-state index is -0.683. The molecule has 1 unspecified atom stereocenters. The number of amides is 3. The summed E-state index contributed by atoms with van der Waals surface area (Å²) >= 11 is 0. The van der Waals surface area contributed by atoms with Gasteiger partial charge in [0.25, 0.3) is 5.91 Å². The van der Waals surface area contributed by atoms with E-state index in [0.717, 1.165) is 29.3 Å². The number of fused-ring (bicyclic) bond motifs is 2. The molecule has 1 fully saturated rings. The number of rotatable bonds is 5. The van der Waals surface area contributed by atoms with E-state index in [1.807, 2.05) is 40.7 Å². The summed E-state index contributed by atoms with van der Waals surface area (Å²) in [7, 11) is 1.59. The molecule has 0 spiro atoms. The Bertz CT molecular complexity index is 937. The van der Waals surface area contributed by atoms with Crippen molar-refractivity contribution in [3.8, 4) is 5.75 Å². The lowest BCUT2D eigenvalue weighted by molar-refractivity contribution is -0.539. The maximum Gasteiger partial charge on any atom is 0.397 e. The first-order chi connectivity index (χ1) is 13.9. The Kier molecular flexibility index (Phi) is 4.81. The quantitative estimate of drug-likeness (QED) is 0.689. The van der Waals surface area contributed by atoms with Crippen molar-refractivity contribution in [2.75, 3.05) is 38.2 Å². The van der Waals surface area contributed by atoms with Crippen LogP contribution in [-0.2, 0) is 9.59 Å². The zero-order valence-electron chi connectivity index (χ0n) is 16.8. The van der Waals surface area contributed by atoms with Gasteiger partial charge in [-0.05, 0) is 38.1 Å². The first kappa shape index (κ1) is 19.1. The van der Waals surface area contributed by atoms with E-state index in [0.29, 0.717) is 24.9 Å². The lowest BCUT2D eigenvalue weighted by atomic mass is 10.1. The molecular weight excluding hydrogens is 374 g/mol. The molecule has 0 saturated carbocycles. The van der Waals surface area contributed by atoms with E-state index in [1.165, 1.54) is 11.8 Å². The maximum absolute atomic E-state index is 13.1. The molecule has 1 saturated heterocycles. The van der Waals surface area contributed by atoms with Crippen LogP contribution in [0.3, 0.4) is 0 Å². The first-order valence-corrected chi connectivity index (χ1v) is 9.73. The van der Waals surface area contributed by atoms with Gasteiger partial charge in [0.15, 0.2) is 0 Å². The fourth-order valence-electron chi connectivity index (χ4n) is 3.95. The molecular formula is C20H24N5O4+. The van der Waals surface area contributed by atoms with Gasteiger partial charge in [-0.3, -0.25) is 19.4 Å². The zero-order valence-corrected chi connectivity index (χ0v) is 16.8. The van der Waals surface area contributed by atoms with Gasteiger partial charge in [-0.1, -0.05) is 4.99 Å². The van der Waals surface area contributed by atoms with Gasteiger partial charge in [-0.25, -0.2) is 14.3 Å². The summed E-state index contributed by atoms with van der Waals surface area (Å²) < 4.78 is 7.43. The molecule has 29 heavy (non-hydrogen) atoms. The molecule has 4 rings (SSSR count). The van der Waals surface area contributed by atoms with Crippen LogP contribution < -0.4 is 9.64 Å². The number of guanidine groups is 1.